The zero-order valence-corrected chi connectivity index (χ0v) is 37.7. The summed E-state index contributed by atoms with van der Waals surface area (Å²) in [7, 11) is -13.6. The van der Waals surface area contributed by atoms with E-state index >= 15 is 0 Å². The van der Waals surface area contributed by atoms with Crippen LogP contribution in [-0.2, 0) is 58.7 Å². The molecule has 344 valence electrons. The third kappa shape index (κ3) is 6.18. The van der Waals surface area contributed by atoms with Gasteiger partial charge in [0.25, 0.3) is 20.0 Å². The monoisotopic (exact) mass is 949 g/mol. The number of likely N-dealkylation sites (tertiary alicyclic amines) is 2. The van der Waals surface area contributed by atoms with Crippen molar-refractivity contribution in [3.8, 4) is 0 Å². The number of anilines is 4. The molecule has 2 N–H and O–H groups in total. The van der Waals surface area contributed by atoms with Crippen molar-refractivity contribution in [3.63, 3.8) is 0 Å². The largest absolute Gasteiger partial charge is 0.372 e. The molecule has 65 heavy (non-hydrogen) atoms. The molecule has 10 unspecified atom stereocenters. The van der Waals surface area contributed by atoms with Crippen LogP contribution in [0.15, 0.2) is 55.0 Å². The molecular weight excluding hydrogens is 903 g/mol. The van der Waals surface area contributed by atoms with Crippen LogP contribution >= 0.6 is 0 Å². The van der Waals surface area contributed by atoms with Gasteiger partial charge in [0, 0.05) is 12.1 Å². The fraction of sp³-hybridized carbons (Fsp3) is 0.581. The van der Waals surface area contributed by atoms with E-state index in [0.29, 0.717) is 12.8 Å². The summed E-state index contributed by atoms with van der Waals surface area (Å²) in [6.45, 7) is 0. The van der Waals surface area contributed by atoms with Gasteiger partial charge in [-0.2, -0.15) is 16.8 Å². The van der Waals surface area contributed by atoms with Gasteiger partial charge >= 0.3 is 0 Å². The first kappa shape index (κ1) is 41.6. The number of ether oxygens (including phenoxy) is 2. The highest BCUT2D eigenvalue weighted by Gasteiger charge is 2.65. The molecule has 22 heteroatoms. The van der Waals surface area contributed by atoms with Crippen LogP contribution in [0.3, 0.4) is 0 Å². The van der Waals surface area contributed by atoms with E-state index in [-0.39, 0.29) is 70.9 Å². The Kier molecular flexibility index (Phi) is 9.21. The number of benzene rings is 2. The molecule has 2 aromatic carbocycles. The molecule has 8 heterocycles. The Labute approximate surface area is 375 Å². The van der Waals surface area contributed by atoms with Gasteiger partial charge in [-0.15, -0.1) is 8.80 Å². The third-order valence-electron chi connectivity index (χ3n) is 15.6. The Hall–Kier alpha value is -4.77. The van der Waals surface area contributed by atoms with Gasteiger partial charge in [-0.3, -0.25) is 19.2 Å². The summed E-state index contributed by atoms with van der Waals surface area (Å²) in [6, 6.07) is 6.36. The molecule has 10 aliphatic rings. The number of nitrogens with one attached hydrogen (secondary N) is 2. The first-order chi connectivity index (χ1) is 31.0. The van der Waals surface area contributed by atoms with E-state index in [4.69, 9.17) is 9.47 Å². The van der Waals surface area contributed by atoms with Crippen molar-refractivity contribution >= 4 is 87.9 Å². The molecule has 0 spiro atoms. The molecule has 2 aliphatic carbocycles. The van der Waals surface area contributed by atoms with Crippen LogP contribution in [0, 0.1) is 23.7 Å². The number of hydrogen-bond acceptors (Lipinski definition) is 14. The van der Waals surface area contributed by atoms with Crippen LogP contribution in [0.4, 0.5) is 22.7 Å². The lowest BCUT2D eigenvalue weighted by molar-refractivity contribution is -0.155. The number of amidine groups is 2. The summed E-state index contributed by atoms with van der Waals surface area (Å²) < 4.78 is 104. The number of fused-ring (bicyclic) bond motifs is 12. The first-order valence-electron chi connectivity index (χ1n) is 22.5. The molecule has 8 fully saturated rings. The van der Waals surface area contributed by atoms with Crippen LogP contribution in [0.2, 0.25) is 0 Å². The van der Waals surface area contributed by atoms with Crippen LogP contribution in [0.25, 0.3) is 0 Å². The molecule has 2 amide bonds. The van der Waals surface area contributed by atoms with E-state index in [9.17, 15) is 44.4 Å². The van der Waals surface area contributed by atoms with Gasteiger partial charge in [0.1, 0.15) is 21.5 Å². The van der Waals surface area contributed by atoms with Crippen LogP contribution in [-0.4, -0.2) is 125 Å². The second-order valence-electron chi connectivity index (χ2n) is 19.2. The van der Waals surface area contributed by atoms with E-state index in [1.165, 1.54) is 24.3 Å². The average Bonchev–Trinajstić information content (AvgIpc) is 4.12. The predicted octanol–water partition coefficient (Wildman–Crippen LogP) is 2.84. The highest BCUT2D eigenvalue weighted by atomic mass is 32.2. The van der Waals surface area contributed by atoms with E-state index < -0.39 is 99.0 Å². The molecule has 19 nitrogen and oxygen atoms in total. The highest BCUT2D eigenvalue weighted by Crippen LogP contribution is 2.51. The Morgan fingerprint density at radius 2 is 0.985 bits per heavy atom. The van der Waals surface area contributed by atoms with Crippen molar-refractivity contribution in [2.45, 2.75) is 135 Å². The molecular formula is C43H47N7O12S3. The molecule has 10 atom stereocenters. The number of carbonyl (C=O) groups excluding carboxylic acids is 4. The van der Waals surface area contributed by atoms with E-state index in [1.807, 2.05) is 0 Å². The zero-order valence-electron chi connectivity index (χ0n) is 35.2. The summed E-state index contributed by atoms with van der Waals surface area (Å²) in [5.74, 6) is -6.80. The Morgan fingerprint density at radius 3 is 1.37 bits per heavy atom. The maximum absolute atomic E-state index is 14.3. The molecule has 12 rings (SSSR count). The topological polar surface area (TPSA) is 248 Å². The molecule has 0 radical (unpaired) electrons. The number of amides is 2. The molecule has 8 aliphatic heterocycles. The molecule has 0 aromatic heterocycles. The SMILES string of the molecule is CS(=O)(=O)N(c1ccc2c(c1)S(=O)(=O)N=C(C1C(=O)C3C4CCC(O4)C3N(C3CCCC3)C1=O)N2)c1ccc2c(c1)S(=O)(=O)N=C(C1C(=O)C3C4CCC(O4)C3N(C3CCCC3)C1=O)N2. The van der Waals surface area contributed by atoms with E-state index in [0.717, 1.165) is 86.9 Å². The number of Topliss-reactive ketones (excluding diaryl/α,β-unsaturated/α-hetero) is 2. The Bertz CT molecular complexity index is 2730. The maximum Gasteiger partial charge on any atom is 0.286 e. The van der Waals surface area contributed by atoms with Crippen LogP contribution in [0.1, 0.15) is 77.0 Å². The molecule has 6 saturated heterocycles. The normalized spacial score (nSPS) is 35.6. The second kappa shape index (κ2) is 14.4. The van der Waals surface area contributed by atoms with Gasteiger partial charge in [-0.25, -0.2) is 12.7 Å². The number of nitrogens with zero attached hydrogens (tertiary/aromatic N) is 5. The highest BCUT2D eigenvalue weighted by molar-refractivity contribution is 7.92. The predicted molar refractivity (Wildman–Crippen MR) is 232 cm³/mol. The Morgan fingerprint density at radius 1 is 0.600 bits per heavy atom. The fourth-order valence-corrected chi connectivity index (χ4v) is 16.4. The summed E-state index contributed by atoms with van der Waals surface area (Å²) in [6.07, 6.45) is 9.23. The zero-order chi connectivity index (χ0) is 45.1. The van der Waals surface area contributed by atoms with Crippen molar-refractivity contribution < 1.29 is 53.9 Å². The Balaban J connectivity index is 0.852. The third-order valence-corrected chi connectivity index (χ3v) is 19.3. The number of rotatable bonds is 7. The average molecular weight is 950 g/mol. The minimum Gasteiger partial charge on any atom is -0.372 e. The lowest BCUT2D eigenvalue weighted by Gasteiger charge is -2.46. The minimum absolute atomic E-state index is 0.0350. The summed E-state index contributed by atoms with van der Waals surface area (Å²) in [5, 5.41) is 5.85. The number of hydrogen-bond donors (Lipinski definition) is 2. The number of piperidine rings is 2. The van der Waals surface area contributed by atoms with Gasteiger partial charge in [0.05, 0.1) is 77.3 Å². The first-order valence-corrected chi connectivity index (χ1v) is 27.3. The van der Waals surface area contributed by atoms with Crippen LogP contribution < -0.4 is 14.9 Å². The van der Waals surface area contributed by atoms with Crippen molar-refractivity contribution in [2.24, 2.45) is 32.5 Å². The minimum atomic E-state index is -4.66. The smallest absolute Gasteiger partial charge is 0.286 e. The summed E-state index contributed by atoms with van der Waals surface area (Å²) in [4.78, 5) is 59.8. The van der Waals surface area contributed by atoms with Crippen LogP contribution in [0.5, 0.6) is 0 Å². The second-order valence-corrected chi connectivity index (χ2v) is 24.2. The van der Waals surface area contributed by atoms with Gasteiger partial charge in [0.2, 0.25) is 21.8 Å². The lowest BCUT2D eigenvalue weighted by atomic mass is 9.72. The van der Waals surface area contributed by atoms with E-state index in [1.54, 1.807) is 9.80 Å². The number of carbonyl (C=O) groups is 4. The fourth-order valence-electron chi connectivity index (χ4n) is 13.0. The lowest BCUT2D eigenvalue weighted by Crippen LogP contribution is -2.65. The maximum atomic E-state index is 14.3. The molecule has 2 aromatic rings. The quantitative estimate of drug-likeness (QED) is 0.379. The van der Waals surface area contributed by atoms with Gasteiger partial charge in [-0.05, 0) is 87.8 Å². The van der Waals surface area contributed by atoms with Crippen molar-refractivity contribution in [2.75, 3.05) is 21.2 Å². The standard InChI is InChI=1S/C43H47N7O12S3/c1-63(55,56)50(22-10-12-24-30(18-22)64(57,58)46-40(44-24)34-38(51)32-26-14-16-28(61-26)36(32)48(42(34)53)20-6-2-3-7-20)23-11-13-25-31(19-23)65(59,60)47-41(45-25)35-39(52)33-27-15-17-29(62-27)37(33)49(43(35)54)21-8-4-5-9-21/h10-13,18-21,26-29,32-37H,2-9,14-17H2,1H3,(H,44,46)(H,45,47). The number of sulfonamides is 3. The van der Waals surface area contributed by atoms with Gasteiger partial charge in [0.15, 0.2) is 23.4 Å². The summed E-state index contributed by atoms with van der Waals surface area (Å²) in [5.41, 5.74) is -0.444. The van der Waals surface area contributed by atoms with Crippen molar-refractivity contribution in [1.29, 1.82) is 0 Å². The van der Waals surface area contributed by atoms with Crippen molar-refractivity contribution in [1.82, 2.24) is 9.80 Å². The molecule has 2 saturated carbocycles. The summed E-state index contributed by atoms with van der Waals surface area (Å²) >= 11 is 0. The molecule has 4 bridgehead atoms. The van der Waals surface area contributed by atoms with E-state index in [2.05, 4.69) is 19.4 Å². The number of ketones is 2. The van der Waals surface area contributed by atoms with Crippen molar-refractivity contribution in [3.05, 3.63) is 36.4 Å². The van der Waals surface area contributed by atoms with Gasteiger partial charge < -0.3 is 29.9 Å². The van der Waals surface area contributed by atoms with Gasteiger partial charge in [-0.1, -0.05) is 25.7 Å².